The van der Waals surface area contributed by atoms with E-state index in [1.165, 1.54) is 0 Å². The Hall–Kier alpha value is -1.88. The van der Waals surface area contributed by atoms with Gasteiger partial charge >= 0.3 is 0 Å². The summed E-state index contributed by atoms with van der Waals surface area (Å²) < 4.78 is 5.20. The van der Waals surface area contributed by atoms with Gasteiger partial charge in [-0.2, -0.15) is 0 Å². The van der Waals surface area contributed by atoms with Gasteiger partial charge in [-0.3, -0.25) is 4.98 Å². The fourth-order valence-corrected chi connectivity index (χ4v) is 2.57. The van der Waals surface area contributed by atoms with Gasteiger partial charge in [-0.15, -0.1) is 0 Å². The molecule has 0 saturated carbocycles. The Morgan fingerprint density at radius 2 is 1.86 bits per heavy atom. The van der Waals surface area contributed by atoms with Crippen molar-refractivity contribution in [2.75, 3.05) is 0 Å². The van der Waals surface area contributed by atoms with Crippen molar-refractivity contribution < 1.29 is 9.63 Å². The average Bonchev–Trinajstić information content (AvgIpc) is 2.97. The van der Waals surface area contributed by atoms with Crippen LogP contribution in [0.3, 0.4) is 0 Å². The van der Waals surface area contributed by atoms with Crippen molar-refractivity contribution in [1.29, 1.82) is 0 Å². The number of hydrogen-bond donors (Lipinski definition) is 1. The number of aliphatic hydroxyl groups is 1. The van der Waals surface area contributed by atoms with Gasteiger partial charge in [-0.25, -0.2) is 0 Å². The van der Waals surface area contributed by atoms with Crippen LogP contribution in [0.2, 0.25) is 10.0 Å². The minimum atomic E-state index is -0.943. The number of hydrogen-bond acceptors (Lipinski definition) is 4. The van der Waals surface area contributed by atoms with E-state index in [2.05, 4.69) is 10.1 Å². The SMILES string of the molecule is OC(c1cccnc1)c1cc(-c2c(Cl)cccc2Cl)no1. The summed E-state index contributed by atoms with van der Waals surface area (Å²) >= 11 is 12.3. The number of aliphatic hydroxyl groups excluding tert-OH is 1. The summed E-state index contributed by atoms with van der Waals surface area (Å²) in [6, 6.07) is 10.3. The fraction of sp³-hybridized carbons (Fsp3) is 0.0667. The maximum absolute atomic E-state index is 10.3. The first-order chi connectivity index (χ1) is 10.2. The molecule has 0 amide bonds. The van der Waals surface area contributed by atoms with Crippen LogP contribution < -0.4 is 0 Å². The number of aromatic nitrogens is 2. The highest BCUT2D eigenvalue weighted by atomic mass is 35.5. The highest BCUT2D eigenvalue weighted by molar-refractivity contribution is 6.39. The second kappa shape index (κ2) is 5.85. The third-order valence-corrected chi connectivity index (χ3v) is 3.65. The van der Waals surface area contributed by atoms with Crippen LogP contribution in [0.5, 0.6) is 0 Å². The van der Waals surface area contributed by atoms with Crippen LogP contribution in [0.4, 0.5) is 0 Å². The van der Waals surface area contributed by atoms with Crippen LogP contribution in [0.25, 0.3) is 11.3 Å². The maximum atomic E-state index is 10.3. The van der Waals surface area contributed by atoms with Gasteiger partial charge in [0.2, 0.25) is 0 Å². The first-order valence-corrected chi connectivity index (χ1v) is 6.91. The number of halogens is 2. The van der Waals surface area contributed by atoms with E-state index < -0.39 is 6.10 Å². The molecule has 106 valence electrons. The van der Waals surface area contributed by atoms with E-state index in [-0.39, 0.29) is 0 Å². The van der Waals surface area contributed by atoms with Crippen LogP contribution >= 0.6 is 23.2 Å². The van der Waals surface area contributed by atoms with Gasteiger partial charge in [0, 0.05) is 29.6 Å². The molecule has 0 saturated heterocycles. The summed E-state index contributed by atoms with van der Waals surface area (Å²) in [6.07, 6.45) is 2.25. The monoisotopic (exact) mass is 320 g/mol. The molecule has 1 unspecified atom stereocenters. The van der Waals surface area contributed by atoms with Gasteiger partial charge in [0.1, 0.15) is 11.8 Å². The molecule has 1 atom stereocenters. The number of pyridine rings is 1. The first-order valence-electron chi connectivity index (χ1n) is 6.16. The topological polar surface area (TPSA) is 59.2 Å². The summed E-state index contributed by atoms with van der Waals surface area (Å²) in [7, 11) is 0. The molecule has 21 heavy (non-hydrogen) atoms. The standard InChI is InChI=1S/C15H10Cl2N2O2/c16-10-4-1-5-11(17)14(10)12-7-13(21-19-12)15(20)9-3-2-6-18-8-9/h1-8,15,20H. The molecule has 6 heteroatoms. The minimum Gasteiger partial charge on any atom is -0.380 e. The van der Waals surface area contributed by atoms with Gasteiger partial charge in [-0.1, -0.05) is 40.5 Å². The third kappa shape index (κ3) is 2.78. The Labute approximate surface area is 130 Å². The van der Waals surface area contributed by atoms with E-state index in [4.69, 9.17) is 27.7 Å². The maximum Gasteiger partial charge on any atom is 0.170 e. The fourth-order valence-electron chi connectivity index (χ4n) is 1.98. The summed E-state index contributed by atoms with van der Waals surface area (Å²) in [4.78, 5) is 3.96. The molecule has 4 nitrogen and oxygen atoms in total. The van der Waals surface area contributed by atoms with E-state index >= 15 is 0 Å². The van der Waals surface area contributed by atoms with Crippen molar-refractivity contribution in [2.45, 2.75) is 6.10 Å². The molecule has 2 aromatic heterocycles. The van der Waals surface area contributed by atoms with Crippen molar-refractivity contribution in [3.63, 3.8) is 0 Å². The zero-order chi connectivity index (χ0) is 14.8. The normalized spacial score (nSPS) is 12.3. The first kappa shape index (κ1) is 14.1. The molecule has 0 aliphatic rings. The van der Waals surface area contributed by atoms with Gasteiger partial charge in [0.05, 0.1) is 10.0 Å². The zero-order valence-electron chi connectivity index (χ0n) is 10.7. The highest BCUT2D eigenvalue weighted by Gasteiger charge is 2.19. The summed E-state index contributed by atoms with van der Waals surface area (Å²) in [5.74, 6) is 0.300. The number of benzene rings is 1. The van der Waals surface area contributed by atoms with Gasteiger partial charge < -0.3 is 9.63 Å². The Kier molecular flexibility index (Phi) is 3.92. The molecule has 1 aromatic carbocycles. The number of nitrogens with zero attached hydrogens (tertiary/aromatic N) is 2. The third-order valence-electron chi connectivity index (χ3n) is 3.02. The molecule has 3 aromatic rings. The molecular formula is C15H10Cl2N2O2. The van der Waals surface area contributed by atoms with Gasteiger partial charge in [0.25, 0.3) is 0 Å². The Bertz CT molecular complexity index is 739. The lowest BCUT2D eigenvalue weighted by molar-refractivity contribution is 0.176. The molecule has 0 spiro atoms. The van der Waals surface area contributed by atoms with E-state index in [0.29, 0.717) is 32.6 Å². The van der Waals surface area contributed by atoms with Gasteiger partial charge in [-0.05, 0) is 18.2 Å². The van der Waals surface area contributed by atoms with Crippen LogP contribution in [0.1, 0.15) is 17.4 Å². The smallest absolute Gasteiger partial charge is 0.170 e. The van der Waals surface area contributed by atoms with E-state index in [9.17, 15) is 5.11 Å². The van der Waals surface area contributed by atoms with Crippen molar-refractivity contribution in [1.82, 2.24) is 10.1 Å². The lowest BCUT2D eigenvalue weighted by Crippen LogP contribution is -1.97. The highest BCUT2D eigenvalue weighted by Crippen LogP contribution is 2.35. The van der Waals surface area contributed by atoms with E-state index in [0.717, 1.165) is 0 Å². The minimum absolute atomic E-state index is 0.300. The Morgan fingerprint density at radius 3 is 2.52 bits per heavy atom. The summed E-state index contributed by atoms with van der Waals surface area (Å²) in [5.41, 5.74) is 1.67. The molecule has 0 aliphatic carbocycles. The summed E-state index contributed by atoms with van der Waals surface area (Å²) in [5, 5.41) is 15.1. The molecule has 3 rings (SSSR count). The van der Waals surface area contributed by atoms with Crippen molar-refractivity contribution >= 4 is 23.2 Å². The van der Waals surface area contributed by atoms with Crippen molar-refractivity contribution in [2.24, 2.45) is 0 Å². The molecule has 0 bridgehead atoms. The predicted molar refractivity (Wildman–Crippen MR) is 80.3 cm³/mol. The van der Waals surface area contributed by atoms with Crippen LogP contribution in [-0.4, -0.2) is 15.2 Å². The van der Waals surface area contributed by atoms with Crippen molar-refractivity contribution in [3.05, 3.63) is 70.2 Å². The predicted octanol–water partition coefficient (Wildman–Crippen LogP) is 4.13. The van der Waals surface area contributed by atoms with Crippen LogP contribution in [0.15, 0.2) is 53.3 Å². The van der Waals surface area contributed by atoms with E-state index in [1.807, 2.05) is 0 Å². The second-order valence-corrected chi connectivity index (χ2v) is 5.21. The van der Waals surface area contributed by atoms with Crippen LogP contribution in [-0.2, 0) is 0 Å². The molecule has 1 N–H and O–H groups in total. The Balaban J connectivity index is 1.97. The largest absolute Gasteiger partial charge is 0.380 e. The quantitative estimate of drug-likeness (QED) is 0.788. The molecule has 0 aliphatic heterocycles. The molecule has 0 fully saturated rings. The second-order valence-electron chi connectivity index (χ2n) is 4.40. The molecule has 0 radical (unpaired) electrons. The zero-order valence-corrected chi connectivity index (χ0v) is 12.2. The lowest BCUT2D eigenvalue weighted by Gasteiger charge is -2.05. The average molecular weight is 321 g/mol. The van der Waals surface area contributed by atoms with Gasteiger partial charge in [0.15, 0.2) is 5.76 Å². The Morgan fingerprint density at radius 1 is 1.10 bits per heavy atom. The molecule has 2 heterocycles. The molecular weight excluding hydrogens is 311 g/mol. The van der Waals surface area contributed by atoms with Crippen LogP contribution in [0, 0.1) is 0 Å². The summed E-state index contributed by atoms with van der Waals surface area (Å²) in [6.45, 7) is 0. The van der Waals surface area contributed by atoms with Crippen molar-refractivity contribution in [3.8, 4) is 11.3 Å². The number of rotatable bonds is 3. The lowest BCUT2D eigenvalue weighted by atomic mass is 10.1. The van der Waals surface area contributed by atoms with E-state index in [1.54, 1.807) is 48.8 Å².